The lowest BCUT2D eigenvalue weighted by molar-refractivity contribution is 0.471. The standard InChI is InChI=1S/C11H12BrClO/c12-9-6-7-4-2-1-3-5-8(7)10(13)11(9)14/h6,14H,1-5H2. The highest BCUT2D eigenvalue weighted by molar-refractivity contribution is 9.10. The average Bonchev–Trinajstić information content (AvgIpc) is 2.39. The molecule has 0 atom stereocenters. The van der Waals surface area contributed by atoms with Crippen molar-refractivity contribution in [3.63, 3.8) is 0 Å². The Morgan fingerprint density at radius 2 is 1.93 bits per heavy atom. The van der Waals surface area contributed by atoms with Gasteiger partial charge in [0.05, 0.1) is 9.50 Å². The number of fused-ring (bicyclic) bond motifs is 1. The predicted molar refractivity (Wildman–Crippen MR) is 62.1 cm³/mol. The topological polar surface area (TPSA) is 20.2 Å². The highest BCUT2D eigenvalue weighted by Crippen LogP contribution is 2.39. The van der Waals surface area contributed by atoms with Crippen molar-refractivity contribution in [3.8, 4) is 5.75 Å². The van der Waals surface area contributed by atoms with Gasteiger partial charge in [0.1, 0.15) is 5.75 Å². The van der Waals surface area contributed by atoms with Crippen LogP contribution in [0.5, 0.6) is 5.75 Å². The van der Waals surface area contributed by atoms with Crippen LogP contribution in [0.3, 0.4) is 0 Å². The molecule has 1 aliphatic carbocycles. The van der Waals surface area contributed by atoms with Crippen LogP contribution >= 0.6 is 27.5 Å². The number of phenolic OH excluding ortho intramolecular Hbond substituents is 1. The molecule has 0 radical (unpaired) electrons. The zero-order chi connectivity index (χ0) is 10.1. The van der Waals surface area contributed by atoms with Gasteiger partial charge in [-0.15, -0.1) is 0 Å². The van der Waals surface area contributed by atoms with Gasteiger partial charge in [-0.3, -0.25) is 0 Å². The summed E-state index contributed by atoms with van der Waals surface area (Å²) in [5.74, 6) is 0.187. The van der Waals surface area contributed by atoms with E-state index in [9.17, 15) is 5.11 Å². The molecule has 0 spiro atoms. The maximum absolute atomic E-state index is 9.68. The van der Waals surface area contributed by atoms with Gasteiger partial charge in [0, 0.05) is 0 Å². The molecule has 0 unspecified atom stereocenters. The molecule has 0 aromatic heterocycles. The SMILES string of the molecule is Oc1c(Br)cc2c(c1Cl)CCCCC2. The summed E-state index contributed by atoms with van der Waals surface area (Å²) in [4.78, 5) is 0. The maximum Gasteiger partial charge on any atom is 0.148 e. The van der Waals surface area contributed by atoms with Gasteiger partial charge in [0.2, 0.25) is 0 Å². The Kier molecular flexibility index (Phi) is 3.03. The molecule has 1 aliphatic rings. The minimum atomic E-state index is 0.187. The van der Waals surface area contributed by atoms with E-state index in [1.54, 1.807) is 0 Å². The molecular weight excluding hydrogens is 263 g/mol. The maximum atomic E-state index is 9.68. The van der Waals surface area contributed by atoms with Crippen molar-refractivity contribution in [2.45, 2.75) is 32.1 Å². The van der Waals surface area contributed by atoms with Gasteiger partial charge in [-0.25, -0.2) is 0 Å². The quantitative estimate of drug-likeness (QED) is 0.708. The highest BCUT2D eigenvalue weighted by Gasteiger charge is 2.16. The van der Waals surface area contributed by atoms with Crippen LogP contribution in [0.2, 0.25) is 5.02 Å². The molecule has 1 N–H and O–H groups in total. The molecule has 2 rings (SSSR count). The Balaban J connectivity index is 2.55. The molecule has 0 fully saturated rings. The van der Waals surface area contributed by atoms with E-state index in [0.717, 1.165) is 18.4 Å². The highest BCUT2D eigenvalue weighted by atomic mass is 79.9. The molecule has 1 aromatic carbocycles. The first-order chi connectivity index (χ1) is 6.70. The van der Waals surface area contributed by atoms with Gasteiger partial charge < -0.3 is 5.11 Å². The molecule has 0 aliphatic heterocycles. The van der Waals surface area contributed by atoms with Gasteiger partial charge >= 0.3 is 0 Å². The van der Waals surface area contributed by atoms with E-state index >= 15 is 0 Å². The van der Waals surface area contributed by atoms with Crippen molar-refractivity contribution in [3.05, 3.63) is 26.7 Å². The Morgan fingerprint density at radius 1 is 1.21 bits per heavy atom. The number of benzene rings is 1. The molecule has 0 amide bonds. The Labute approximate surface area is 97.2 Å². The number of aryl methyl sites for hydroxylation is 1. The van der Waals surface area contributed by atoms with Crippen molar-refractivity contribution >= 4 is 27.5 Å². The summed E-state index contributed by atoms with van der Waals surface area (Å²) >= 11 is 9.43. The molecular formula is C11H12BrClO. The first kappa shape index (κ1) is 10.3. The van der Waals surface area contributed by atoms with Crippen molar-refractivity contribution in [1.29, 1.82) is 0 Å². The first-order valence-electron chi connectivity index (χ1n) is 4.89. The summed E-state index contributed by atoms with van der Waals surface area (Å²) in [7, 11) is 0. The summed E-state index contributed by atoms with van der Waals surface area (Å²) in [5, 5.41) is 10.2. The van der Waals surface area contributed by atoms with Crippen molar-refractivity contribution < 1.29 is 5.11 Å². The Bertz CT molecular complexity index is 363. The summed E-state index contributed by atoms with van der Waals surface area (Å²) in [6.45, 7) is 0. The average molecular weight is 276 g/mol. The molecule has 0 heterocycles. The van der Waals surface area contributed by atoms with E-state index in [1.165, 1.54) is 24.8 Å². The van der Waals surface area contributed by atoms with Crippen LogP contribution in [0.1, 0.15) is 30.4 Å². The zero-order valence-corrected chi connectivity index (χ0v) is 10.2. The molecule has 0 saturated heterocycles. The fourth-order valence-corrected chi connectivity index (χ4v) is 2.89. The second kappa shape index (κ2) is 4.11. The summed E-state index contributed by atoms with van der Waals surface area (Å²) in [5.41, 5.74) is 2.43. The van der Waals surface area contributed by atoms with Gasteiger partial charge in [-0.2, -0.15) is 0 Å². The van der Waals surface area contributed by atoms with E-state index in [2.05, 4.69) is 15.9 Å². The predicted octanol–water partition coefficient (Wildman–Crippen LogP) is 4.08. The lowest BCUT2D eigenvalue weighted by Crippen LogP contribution is -1.93. The number of aromatic hydroxyl groups is 1. The van der Waals surface area contributed by atoms with Crippen LogP contribution in [0.4, 0.5) is 0 Å². The monoisotopic (exact) mass is 274 g/mol. The molecule has 3 heteroatoms. The molecule has 1 nitrogen and oxygen atoms in total. The molecule has 0 saturated carbocycles. The number of rotatable bonds is 0. The van der Waals surface area contributed by atoms with Crippen LogP contribution in [-0.2, 0) is 12.8 Å². The fourth-order valence-electron chi connectivity index (χ4n) is 1.98. The molecule has 76 valence electrons. The zero-order valence-electron chi connectivity index (χ0n) is 7.82. The number of halogens is 2. The Morgan fingerprint density at radius 3 is 2.71 bits per heavy atom. The Hall–Kier alpha value is -0.210. The smallest absolute Gasteiger partial charge is 0.148 e. The van der Waals surface area contributed by atoms with Crippen molar-refractivity contribution in [2.24, 2.45) is 0 Å². The van der Waals surface area contributed by atoms with Crippen LogP contribution in [0.15, 0.2) is 10.5 Å². The van der Waals surface area contributed by atoms with Crippen molar-refractivity contribution in [2.75, 3.05) is 0 Å². The second-order valence-electron chi connectivity index (χ2n) is 3.72. The van der Waals surface area contributed by atoms with E-state index < -0.39 is 0 Å². The summed E-state index contributed by atoms with van der Waals surface area (Å²) < 4.78 is 0.711. The summed E-state index contributed by atoms with van der Waals surface area (Å²) in [6.07, 6.45) is 5.72. The first-order valence-corrected chi connectivity index (χ1v) is 6.06. The van der Waals surface area contributed by atoms with E-state index in [0.29, 0.717) is 9.50 Å². The lowest BCUT2D eigenvalue weighted by Gasteiger charge is -2.10. The summed E-state index contributed by atoms with van der Waals surface area (Å²) in [6, 6.07) is 2.00. The van der Waals surface area contributed by atoms with Crippen LogP contribution < -0.4 is 0 Å². The molecule has 14 heavy (non-hydrogen) atoms. The van der Waals surface area contributed by atoms with Crippen LogP contribution in [0, 0.1) is 0 Å². The van der Waals surface area contributed by atoms with Gasteiger partial charge in [-0.05, 0) is 58.8 Å². The molecule has 1 aromatic rings. The van der Waals surface area contributed by atoms with Crippen LogP contribution in [0.25, 0.3) is 0 Å². The van der Waals surface area contributed by atoms with E-state index in [-0.39, 0.29) is 5.75 Å². The second-order valence-corrected chi connectivity index (χ2v) is 4.95. The normalized spacial score (nSPS) is 16.1. The minimum Gasteiger partial charge on any atom is -0.505 e. The van der Waals surface area contributed by atoms with E-state index in [1.807, 2.05) is 6.07 Å². The third kappa shape index (κ3) is 1.78. The van der Waals surface area contributed by atoms with E-state index in [4.69, 9.17) is 11.6 Å². The van der Waals surface area contributed by atoms with Gasteiger partial charge in [0.25, 0.3) is 0 Å². The molecule has 0 bridgehead atoms. The number of hydrogen-bond donors (Lipinski definition) is 1. The number of hydrogen-bond acceptors (Lipinski definition) is 1. The van der Waals surface area contributed by atoms with Crippen LogP contribution in [-0.4, -0.2) is 5.11 Å². The third-order valence-electron chi connectivity index (χ3n) is 2.76. The number of phenols is 1. The minimum absolute atomic E-state index is 0.187. The largest absolute Gasteiger partial charge is 0.505 e. The van der Waals surface area contributed by atoms with Gasteiger partial charge in [0.15, 0.2) is 0 Å². The van der Waals surface area contributed by atoms with Crippen molar-refractivity contribution in [1.82, 2.24) is 0 Å². The fraction of sp³-hybridized carbons (Fsp3) is 0.455. The lowest BCUT2D eigenvalue weighted by atomic mass is 10.0. The van der Waals surface area contributed by atoms with Gasteiger partial charge in [-0.1, -0.05) is 18.0 Å². The third-order valence-corrected chi connectivity index (χ3v) is 3.77.